The van der Waals surface area contributed by atoms with Crippen LogP contribution in [0.1, 0.15) is 11.9 Å². The molecule has 1 atom stereocenters. The van der Waals surface area contributed by atoms with Crippen molar-refractivity contribution in [3.8, 4) is 11.3 Å². The molecule has 1 unspecified atom stereocenters. The van der Waals surface area contributed by atoms with Crippen molar-refractivity contribution in [1.82, 2.24) is 9.97 Å². The Morgan fingerprint density at radius 2 is 2.06 bits per heavy atom. The second-order valence-electron chi connectivity index (χ2n) is 3.60. The number of carboxylic acid groups (broad SMARTS) is 1. The van der Waals surface area contributed by atoms with E-state index >= 15 is 0 Å². The van der Waals surface area contributed by atoms with Crippen LogP contribution in [0, 0.1) is 0 Å². The molecule has 0 fully saturated rings. The fraction of sp³-hybridized carbons (Fsp3) is 0.0833. The molecule has 0 saturated heterocycles. The number of rotatable bonds is 3. The van der Waals surface area contributed by atoms with E-state index in [0.717, 1.165) is 10.0 Å². The monoisotopic (exact) mass is 307 g/mol. The van der Waals surface area contributed by atoms with E-state index in [1.807, 2.05) is 24.3 Å². The van der Waals surface area contributed by atoms with E-state index in [-0.39, 0.29) is 5.82 Å². The van der Waals surface area contributed by atoms with E-state index in [0.29, 0.717) is 5.69 Å². The molecule has 2 rings (SSSR count). The fourth-order valence-electron chi connectivity index (χ4n) is 1.45. The van der Waals surface area contributed by atoms with Gasteiger partial charge in [0.05, 0.1) is 5.69 Å². The molecular weight excluding hydrogens is 298 g/mol. The van der Waals surface area contributed by atoms with E-state index in [2.05, 4.69) is 25.9 Å². The summed E-state index contributed by atoms with van der Waals surface area (Å²) in [5.74, 6) is -1.06. The van der Waals surface area contributed by atoms with Gasteiger partial charge in [0.25, 0.3) is 0 Å². The minimum Gasteiger partial charge on any atom is -0.480 e. The molecule has 6 heteroatoms. The summed E-state index contributed by atoms with van der Waals surface area (Å²) in [5.41, 5.74) is 6.98. The molecule has 1 aromatic carbocycles. The van der Waals surface area contributed by atoms with Gasteiger partial charge in [-0.1, -0.05) is 34.1 Å². The van der Waals surface area contributed by atoms with Gasteiger partial charge in [-0.05, 0) is 12.1 Å². The van der Waals surface area contributed by atoms with E-state index in [1.54, 1.807) is 6.07 Å². The SMILES string of the molecule is NC(C(=O)O)c1nccc(-c2ccccc2Br)n1. The molecule has 0 bridgehead atoms. The Bertz CT molecular complexity index is 589. The van der Waals surface area contributed by atoms with Crippen molar-refractivity contribution < 1.29 is 9.90 Å². The average molecular weight is 308 g/mol. The summed E-state index contributed by atoms with van der Waals surface area (Å²) in [6.07, 6.45) is 1.50. The van der Waals surface area contributed by atoms with Crippen LogP contribution >= 0.6 is 15.9 Å². The first kappa shape index (κ1) is 12.7. The lowest BCUT2D eigenvalue weighted by Crippen LogP contribution is -2.23. The highest BCUT2D eigenvalue weighted by Crippen LogP contribution is 2.26. The summed E-state index contributed by atoms with van der Waals surface area (Å²) in [6.45, 7) is 0. The number of halogens is 1. The van der Waals surface area contributed by atoms with Gasteiger partial charge in [0.2, 0.25) is 0 Å². The van der Waals surface area contributed by atoms with Crippen molar-refractivity contribution in [3.05, 3.63) is 46.8 Å². The third kappa shape index (κ3) is 2.55. The molecule has 0 amide bonds. The van der Waals surface area contributed by atoms with E-state index in [1.165, 1.54) is 6.20 Å². The van der Waals surface area contributed by atoms with Crippen LogP contribution in [0.3, 0.4) is 0 Å². The van der Waals surface area contributed by atoms with Crippen LogP contribution in [-0.2, 0) is 4.79 Å². The molecule has 0 aliphatic heterocycles. The van der Waals surface area contributed by atoms with Crippen molar-refractivity contribution in [2.75, 3.05) is 0 Å². The molecule has 0 radical (unpaired) electrons. The highest BCUT2D eigenvalue weighted by atomic mass is 79.9. The van der Waals surface area contributed by atoms with Crippen LogP contribution in [0.2, 0.25) is 0 Å². The van der Waals surface area contributed by atoms with Gasteiger partial charge in [-0.25, -0.2) is 9.97 Å². The van der Waals surface area contributed by atoms with Crippen LogP contribution in [0.25, 0.3) is 11.3 Å². The number of aromatic nitrogens is 2. The Labute approximate surface area is 112 Å². The summed E-state index contributed by atoms with van der Waals surface area (Å²) in [5, 5.41) is 8.84. The summed E-state index contributed by atoms with van der Waals surface area (Å²) in [4.78, 5) is 18.9. The summed E-state index contributed by atoms with van der Waals surface area (Å²) in [7, 11) is 0. The van der Waals surface area contributed by atoms with Crippen molar-refractivity contribution in [3.63, 3.8) is 0 Å². The number of benzene rings is 1. The van der Waals surface area contributed by atoms with E-state index in [4.69, 9.17) is 10.8 Å². The third-order valence-electron chi connectivity index (χ3n) is 2.37. The molecule has 18 heavy (non-hydrogen) atoms. The maximum atomic E-state index is 10.8. The van der Waals surface area contributed by atoms with Crippen LogP contribution in [0.5, 0.6) is 0 Å². The number of hydrogen-bond acceptors (Lipinski definition) is 4. The Hall–Kier alpha value is -1.79. The maximum Gasteiger partial charge on any atom is 0.328 e. The first-order valence-electron chi connectivity index (χ1n) is 5.16. The zero-order valence-electron chi connectivity index (χ0n) is 9.25. The minimum atomic E-state index is -1.22. The maximum absolute atomic E-state index is 10.8. The predicted octanol–water partition coefficient (Wildman–Crippen LogP) is 1.99. The predicted molar refractivity (Wildman–Crippen MR) is 69.7 cm³/mol. The van der Waals surface area contributed by atoms with Crippen molar-refractivity contribution >= 4 is 21.9 Å². The number of aliphatic carboxylic acids is 1. The molecule has 1 heterocycles. The number of carboxylic acids is 1. The van der Waals surface area contributed by atoms with Gasteiger partial charge in [-0.2, -0.15) is 0 Å². The van der Waals surface area contributed by atoms with Crippen molar-refractivity contribution in [2.45, 2.75) is 6.04 Å². The van der Waals surface area contributed by atoms with Crippen LogP contribution in [-0.4, -0.2) is 21.0 Å². The Balaban J connectivity index is 2.45. The molecule has 0 aliphatic rings. The molecule has 92 valence electrons. The standard InChI is InChI=1S/C12H10BrN3O2/c13-8-4-2-1-3-7(8)9-5-6-15-11(16-9)10(14)12(17)18/h1-6,10H,14H2,(H,17,18). The summed E-state index contributed by atoms with van der Waals surface area (Å²) >= 11 is 3.42. The average Bonchev–Trinajstić information content (AvgIpc) is 2.38. The highest BCUT2D eigenvalue weighted by molar-refractivity contribution is 9.10. The van der Waals surface area contributed by atoms with Crippen molar-refractivity contribution in [1.29, 1.82) is 0 Å². The zero-order valence-corrected chi connectivity index (χ0v) is 10.8. The van der Waals surface area contributed by atoms with Gasteiger partial charge in [0.1, 0.15) is 0 Å². The van der Waals surface area contributed by atoms with Gasteiger partial charge in [0, 0.05) is 16.2 Å². The van der Waals surface area contributed by atoms with Gasteiger partial charge >= 0.3 is 5.97 Å². The molecule has 2 aromatic rings. The topological polar surface area (TPSA) is 89.1 Å². The fourth-order valence-corrected chi connectivity index (χ4v) is 1.94. The molecular formula is C12H10BrN3O2. The molecule has 1 aromatic heterocycles. The van der Waals surface area contributed by atoms with Gasteiger partial charge in [0.15, 0.2) is 11.9 Å². The number of nitrogens with zero attached hydrogens (tertiary/aromatic N) is 2. The largest absolute Gasteiger partial charge is 0.480 e. The normalized spacial score (nSPS) is 12.1. The van der Waals surface area contributed by atoms with E-state index < -0.39 is 12.0 Å². The second kappa shape index (κ2) is 5.24. The minimum absolute atomic E-state index is 0.0933. The second-order valence-corrected chi connectivity index (χ2v) is 4.45. The number of hydrogen-bond donors (Lipinski definition) is 2. The van der Waals surface area contributed by atoms with Crippen LogP contribution < -0.4 is 5.73 Å². The zero-order chi connectivity index (χ0) is 13.1. The number of carbonyl (C=O) groups is 1. The van der Waals surface area contributed by atoms with E-state index in [9.17, 15) is 4.79 Å². The Kier molecular flexibility index (Phi) is 3.69. The Morgan fingerprint density at radius 1 is 1.33 bits per heavy atom. The lowest BCUT2D eigenvalue weighted by atomic mass is 10.1. The number of nitrogens with two attached hydrogens (primary N) is 1. The third-order valence-corrected chi connectivity index (χ3v) is 3.06. The van der Waals surface area contributed by atoms with Gasteiger partial charge in [-0.15, -0.1) is 0 Å². The van der Waals surface area contributed by atoms with Crippen LogP contribution in [0.4, 0.5) is 0 Å². The summed E-state index contributed by atoms with van der Waals surface area (Å²) in [6, 6.07) is 8.01. The summed E-state index contributed by atoms with van der Waals surface area (Å²) < 4.78 is 0.874. The first-order valence-corrected chi connectivity index (χ1v) is 5.95. The van der Waals surface area contributed by atoms with Gasteiger partial charge < -0.3 is 10.8 Å². The molecule has 0 spiro atoms. The molecule has 5 nitrogen and oxygen atoms in total. The van der Waals surface area contributed by atoms with Crippen LogP contribution in [0.15, 0.2) is 41.0 Å². The smallest absolute Gasteiger partial charge is 0.328 e. The lowest BCUT2D eigenvalue weighted by molar-refractivity contribution is -0.138. The highest BCUT2D eigenvalue weighted by Gasteiger charge is 2.18. The van der Waals surface area contributed by atoms with Crippen molar-refractivity contribution in [2.24, 2.45) is 5.73 Å². The molecule has 3 N–H and O–H groups in total. The quantitative estimate of drug-likeness (QED) is 0.905. The lowest BCUT2D eigenvalue weighted by Gasteiger charge is -2.08. The van der Waals surface area contributed by atoms with Gasteiger partial charge in [-0.3, -0.25) is 4.79 Å². The Morgan fingerprint density at radius 3 is 2.72 bits per heavy atom. The first-order chi connectivity index (χ1) is 8.59. The molecule has 0 aliphatic carbocycles. The molecule has 0 saturated carbocycles.